The SMILES string of the molecule is CC(C)S(=O)(=O)n1c(N)nc2ccc(-c3c(-c4ccccc4)ccc4nn(C(C)(C)N)cc34)cc21. The molecule has 180 valence electrons. The van der Waals surface area contributed by atoms with E-state index in [2.05, 4.69) is 4.98 Å². The summed E-state index contributed by atoms with van der Waals surface area (Å²) in [5, 5.41) is 4.97. The zero-order chi connectivity index (χ0) is 25.1. The second-order valence-electron chi connectivity index (χ2n) is 9.55. The molecule has 3 aromatic carbocycles. The van der Waals surface area contributed by atoms with Crippen molar-refractivity contribution in [2.75, 3.05) is 5.73 Å². The second-order valence-corrected chi connectivity index (χ2v) is 11.9. The van der Waals surface area contributed by atoms with Crippen molar-refractivity contribution >= 4 is 37.9 Å². The molecule has 0 saturated carbocycles. The Morgan fingerprint density at radius 1 is 0.943 bits per heavy atom. The quantitative estimate of drug-likeness (QED) is 0.375. The molecule has 0 fully saturated rings. The minimum atomic E-state index is -3.71. The fourth-order valence-electron chi connectivity index (χ4n) is 4.26. The van der Waals surface area contributed by atoms with Crippen LogP contribution in [0.2, 0.25) is 0 Å². The summed E-state index contributed by atoms with van der Waals surface area (Å²) in [7, 11) is -3.71. The highest BCUT2D eigenvalue weighted by Crippen LogP contribution is 2.39. The van der Waals surface area contributed by atoms with Crippen LogP contribution in [-0.2, 0) is 15.7 Å². The lowest BCUT2D eigenvalue weighted by Gasteiger charge is -2.18. The van der Waals surface area contributed by atoms with Crippen LogP contribution in [0.25, 0.3) is 44.2 Å². The molecule has 35 heavy (non-hydrogen) atoms. The molecule has 0 aliphatic carbocycles. The van der Waals surface area contributed by atoms with Gasteiger partial charge in [0, 0.05) is 17.1 Å². The third-order valence-electron chi connectivity index (χ3n) is 6.14. The molecule has 5 rings (SSSR count). The fraction of sp³-hybridized carbons (Fsp3) is 0.231. The van der Waals surface area contributed by atoms with Crippen LogP contribution in [0, 0.1) is 0 Å². The van der Waals surface area contributed by atoms with Crippen LogP contribution in [0.1, 0.15) is 27.7 Å². The minimum absolute atomic E-state index is 0.0509. The highest BCUT2D eigenvalue weighted by atomic mass is 32.2. The molecule has 0 bridgehead atoms. The maximum Gasteiger partial charge on any atom is 0.244 e. The Kier molecular flexibility index (Phi) is 5.23. The average Bonchev–Trinajstić information content (AvgIpc) is 3.39. The van der Waals surface area contributed by atoms with Crippen molar-refractivity contribution in [2.45, 2.75) is 38.6 Å². The summed E-state index contributed by atoms with van der Waals surface area (Å²) < 4.78 is 29.1. The summed E-state index contributed by atoms with van der Waals surface area (Å²) in [5.74, 6) is -0.0509. The van der Waals surface area contributed by atoms with E-state index in [9.17, 15) is 8.42 Å². The van der Waals surface area contributed by atoms with Crippen LogP contribution in [0.5, 0.6) is 0 Å². The third-order valence-corrected chi connectivity index (χ3v) is 8.22. The lowest BCUT2D eigenvalue weighted by atomic mass is 9.92. The molecule has 0 unspecified atom stereocenters. The Balaban J connectivity index is 1.86. The Morgan fingerprint density at radius 2 is 1.63 bits per heavy atom. The van der Waals surface area contributed by atoms with Crippen LogP contribution in [0.15, 0.2) is 66.9 Å². The normalized spacial score (nSPS) is 12.7. The van der Waals surface area contributed by atoms with Crippen molar-refractivity contribution in [3.05, 3.63) is 66.9 Å². The Hall–Kier alpha value is -3.69. The van der Waals surface area contributed by atoms with Crippen LogP contribution < -0.4 is 11.5 Å². The van der Waals surface area contributed by atoms with Gasteiger partial charge in [0.15, 0.2) is 0 Å². The molecule has 4 N–H and O–H groups in total. The van der Waals surface area contributed by atoms with E-state index >= 15 is 0 Å². The number of fused-ring (bicyclic) bond motifs is 2. The third kappa shape index (κ3) is 3.77. The number of imidazole rings is 1. The predicted octanol–water partition coefficient (Wildman–Crippen LogP) is 4.54. The van der Waals surface area contributed by atoms with Gasteiger partial charge in [0.1, 0.15) is 5.66 Å². The first-order chi connectivity index (χ1) is 16.5. The molecule has 0 saturated heterocycles. The number of hydrogen-bond donors (Lipinski definition) is 2. The van der Waals surface area contributed by atoms with Crippen LogP contribution in [0.4, 0.5) is 5.95 Å². The highest BCUT2D eigenvalue weighted by Gasteiger charge is 2.25. The zero-order valence-electron chi connectivity index (χ0n) is 20.1. The molecule has 8 nitrogen and oxygen atoms in total. The fourth-order valence-corrected chi connectivity index (χ4v) is 5.41. The summed E-state index contributed by atoms with van der Waals surface area (Å²) in [6, 6.07) is 19.6. The monoisotopic (exact) mass is 488 g/mol. The molecule has 2 aromatic heterocycles. The van der Waals surface area contributed by atoms with E-state index in [1.54, 1.807) is 24.6 Å². The molecular formula is C26H28N6O2S. The first-order valence-electron chi connectivity index (χ1n) is 11.4. The van der Waals surface area contributed by atoms with E-state index in [1.165, 1.54) is 0 Å². The number of nitrogens with zero attached hydrogens (tertiary/aromatic N) is 4. The van der Waals surface area contributed by atoms with Gasteiger partial charge < -0.3 is 11.5 Å². The van der Waals surface area contributed by atoms with Gasteiger partial charge in [-0.05, 0) is 62.6 Å². The highest BCUT2D eigenvalue weighted by molar-refractivity contribution is 7.90. The van der Waals surface area contributed by atoms with E-state index in [-0.39, 0.29) is 5.95 Å². The van der Waals surface area contributed by atoms with Gasteiger partial charge in [-0.2, -0.15) is 5.10 Å². The van der Waals surface area contributed by atoms with Gasteiger partial charge in [-0.1, -0.05) is 42.5 Å². The number of aromatic nitrogens is 4. The van der Waals surface area contributed by atoms with Crippen LogP contribution in [-0.4, -0.2) is 32.4 Å². The predicted molar refractivity (Wildman–Crippen MR) is 141 cm³/mol. The zero-order valence-corrected chi connectivity index (χ0v) is 20.9. The number of rotatable bonds is 5. The summed E-state index contributed by atoms with van der Waals surface area (Å²) >= 11 is 0. The molecule has 2 heterocycles. The van der Waals surface area contributed by atoms with E-state index in [1.807, 2.05) is 74.6 Å². The standard InChI is InChI=1S/C26H28N6O2S/c1-16(2)35(33,34)32-23-14-18(10-12-22(23)29-25(32)27)24-19(17-8-6-5-7-9-17)11-13-21-20(24)15-31(30-21)26(3,4)28/h5-16H,28H2,1-4H3,(H2,27,29). The van der Waals surface area contributed by atoms with Gasteiger partial charge in [-0.3, -0.25) is 4.68 Å². The van der Waals surface area contributed by atoms with Crippen molar-refractivity contribution < 1.29 is 8.42 Å². The maximum absolute atomic E-state index is 13.1. The van der Waals surface area contributed by atoms with Gasteiger partial charge in [-0.15, -0.1) is 0 Å². The van der Waals surface area contributed by atoms with Crippen molar-refractivity contribution in [1.29, 1.82) is 0 Å². The Labute approximate surface area is 204 Å². The summed E-state index contributed by atoms with van der Waals surface area (Å²) in [6.07, 6.45) is 1.94. The summed E-state index contributed by atoms with van der Waals surface area (Å²) in [4.78, 5) is 4.30. The van der Waals surface area contributed by atoms with Crippen molar-refractivity contribution in [2.24, 2.45) is 5.73 Å². The molecule has 0 aliphatic rings. The number of nitrogens with two attached hydrogens (primary N) is 2. The van der Waals surface area contributed by atoms with Gasteiger partial charge in [0.05, 0.1) is 21.8 Å². The number of benzene rings is 3. The first kappa shape index (κ1) is 23.1. The topological polar surface area (TPSA) is 122 Å². The molecule has 0 amide bonds. The Morgan fingerprint density at radius 3 is 2.29 bits per heavy atom. The minimum Gasteiger partial charge on any atom is -0.368 e. The summed E-state index contributed by atoms with van der Waals surface area (Å²) in [5.41, 5.74) is 17.3. The number of anilines is 1. The van der Waals surface area contributed by atoms with Gasteiger partial charge in [0.25, 0.3) is 0 Å². The van der Waals surface area contributed by atoms with E-state index < -0.39 is 20.9 Å². The first-order valence-corrected chi connectivity index (χ1v) is 12.9. The maximum atomic E-state index is 13.1. The van der Waals surface area contributed by atoms with Gasteiger partial charge in [-0.25, -0.2) is 17.4 Å². The molecule has 0 atom stereocenters. The molecule has 0 aliphatic heterocycles. The van der Waals surface area contributed by atoms with E-state index in [4.69, 9.17) is 16.6 Å². The van der Waals surface area contributed by atoms with Gasteiger partial charge >= 0.3 is 0 Å². The second kappa shape index (κ2) is 7.93. The van der Waals surface area contributed by atoms with Crippen LogP contribution in [0.3, 0.4) is 0 Å². The summed E-state index contributed by atoms with van der Waals surface area (Å²) in [6.45, 7) is 7.03. The molecule has 9 heteroatoms. The number of nitrogen functional groups attached to an aromatic ring is 1. The van der Waals surface area contributed by atoms with E-state index in [0.29, 0.717) is 11.0 Å². The lowest BCUT2D eigenvalue weighted by Crippen LogP contribution is -2.36. The molecule has 0 radical (unpaired) electrons. The largest absolute Gasteiger partial charge is 0.368 e. The van der Waals surface area contributed by atoms with Crippen molar-refractivity contribution in [3.8, 4) is 22.3 Å². The van der Waals surface area contributed by atoms with Gasteiger partial charge in [0.2, 0.25) is 16.0 Å². The smallest absolute Gasteiger partial charge is 0.244 e. The average molecular weight is 489 g/mol. The van der Waals surface area contributed by atoms with Crippen molar-refractivity contribution in [3.63, 3.8) is 0 Å². The molecular weight excluding hydrogens is 460 g/mol. The lowest BCUT2D eigenvalue weighted by molar-refractivity contribution is 0.335. The van der Waals surface area contributed by atoms with Crippen LogP contribution >= 0.6 is 0 Å². The number of hydrogen-bond acceptors (Lipinski definition) is 6. The molecule has 5 aromatic rings. The van der Waals surface area contributed by atoms with E-state index in [0.717, 1.165) is 37.1 Å². The molecule has 0 spiro atoms. The van der Waals surface area contributed by atoms with Crippen molar-refractivity contribution in [1.82, 2.24) is 18.7 Å². The Bertz CT molecular complexity index is 1680.